The molecule has 0 heterocycles. The van der Waals surface area contributed by atoms with Crippen LogP contribution in [0.3, 0.4) is 0 Å². The van der Waals surface area contributed by atoms with Crippen LogP contribution < -0.4 is 5.32 Å². The van der Waals surface area contributed by atoms with Gasteiger partial charge < -0.3 is 5.32 Å². The van der Waals surface area contributed by atoms with E-state index < -0.39 is 0 Å². The van der Waals surface area contributed by atoms with Gasteiger partial charge in [-0.1, -0.05) is 47.5 Å². The van der Waals surface area contributed by atoms with Gasteiger partial charge in [-0.15, -0.1) is 0 Å². The molecule has 0 aliphatic carbocycles. The molecule has 0 radical (unpaired) electrons. The molecular weight excluding hydrogens is 253 g/mol. The zero-order valence-corrected chi connectivity index (χ0v) is 11.0. The monoisotopic (exact) mass is 265 g/mol. The van der Waals surface area contributed by atoms with Crippen LogP contribution in [-0.2, 0) is 6.54 Å². The van der Waals surface area contributed by atoms with E-state index in [0.717, 1.165) is 17.8 Å². The third kappa shape index (κ3) is 3.15. The Labute approximate surface area is 111 Å². The Morgan fingerprint density at radius 1 is 1.00 bits per heavy atom. The van der Waals surface area contributed by atoms with E-state index >= 15 is 0 Å². The largest absolute Gasteiger partial charge is 0.381 e. The van der Waals surface area contributed by atoms with Gasteiger partial charge in [0.05, 0.1) is 10.0 Å². The molecule has 88 valence electrons. The molecule has 0 aliphatic heterocycles. The fourth-order valence-corrected chi connectivity index (χ4v) is 1.94. The van der Waals surface area contributed by atoms with Crippen LogP contribution in [0.2, 0.25) is 10.0 Å². The summed E-state index contributed by atoms with van der Waals surface area (Å²) in [5.74, 6) is 0. The van der Waals surface area contributed by atoms with Gasteiger partial charge in [-0.05, 0) is 36.2 Å². The van der Waals surface area contributed by atoms with Gasteiger partial charge in [0.1, 0.15) is 0 Å². The zero-order chi connectivity index (χ0) is 12.3. The fourth-order valence-electron chi connectivity index (χ4n) is 1.62. The van der Waals surface area contributed by atoms with E-state index in [1.165, 1.54) is 5.56 Å². The van der Waals surface area contributed by atoms with Gasteiger partial charge in [0.15, 0.2) is 0 Å². The summed E-state index contributed by atoms with van der Waals surface area (Å²) in [4.78, 5) is 0. The Bertz CT molecular complexity index is 523. The number of benzene rings is 2. The molecule has 1 N–H and O–H groups in total. The van der Waals surface area contributed by atoms with Crippen molar-refractivity contribution in [1.29, 1.82) is 0 Å². The quantitative estimate of drug-likeness (QED) is 0.831. The van der Waals surface area contributed by atoms with E-state index in [1.54, 1.807) is 0 Å². The van der Waals surface area contributed by atoms with E-state index in [-0.39, 0.29) is 0 Å². The molecule has 0 bridgehead atoms. The Morgan fingerprint density at radius 3 is 2.47 bits per heavy atom. The second kappa shape index (κ2) is 5.44. The molecule has 0 atom stereocenters. The van der Waals surface area contributed by atoms with Gasteiger partial charge in [0.25, 0.3) is 0 Å². The minimum absolute atomic E-state index is 0.589. The van der Waals surface area contributed by atoms with E-state index in [0.29, 0.717) is 10.0 Å². The van der Waals surface area contributed by atoms with Crippen molar-refractivity contribution in [2.24, 2.45) is 0 Å². The maximum Gasteiger partial charge on any atom is 0.0595 e. The standard InChI is InChI=1S/C14H13Cl2N/c1-10-4-2-3-5-14(10)17-9-11-6-7-12(15)13(16)8-11/h2-8,17H,9H2,1H3. The van der Waals surface area contributed by atoms with Gasteiger partial charge in [0, 0.05) is 12.2 Å². The lowest BCUT2D eigenvalue weighted by molar-refractivity contribution is 1.14. The fraction of sp³-hybridized carbons (Fsp3) is 0.143. The Hall–Kier alpha value is -1.18. The van der Waals surface area contributed by atoms with Crippen molar-refractivity contribution in [2.75, 3.05) is 5.32 Å². The second-order valence-corrected chi connectivity index (χ2v) is 4.73. The topological polar surface area (TPSA) is 12.0 Å². The molecule has 0 spiro atoms. The molecule has 2 rings (SSSR count). The Kier molecular flexibility index (Phi) is 3.93. The number of halogens is 2. The molecule has 0 unspecified atom stereocenters. The first-order chi connectivity index (χ1) is 8.16. The highest BCUT2D eigenvalue weighted by Crippen LogP contribution is 2.23. The first kappa shape index (κ1) is 12.3. The average Bonchev–Trinajstić information content (AvgIpc) is 2.32. The van der Waals surface area contributed by atoms with E-state index in [2.05, 4.69) is 24.4 Å². The third-order valence-electron chi connectivity index (χ3n) is 2.61. The van der Waals surface area contributed by atoms with Crippen molar-refractivity contribution >= 4 is 28.9 Å². The van der Waals surface area contributed by atoms with Crippen molar-refractivity contribution in [3.05, 3.63) is 63.6 Å². The molecule has 0 aliphatic rings. The van der Waals surface area contributed by atoms with Crippen molar-refractivity contribution < 1.29 is 0 Å². The lowest BCUT2D eigenvalue weighted by Crippen LogP contribution is -2.00. The van der Waals surface area contributed by atoms with Crippen LogP contribution in [0.15, 0.2) is 42.5 Å². The van der Waals surface area contributed by atoms with E-state index in [4.69, 9.17) is 23.2 Å². The summed E-state index contributed by atoms with van der Waals surface area (Å²) in [7, 11) is 0. The van der Waals surface area contributed by atoms with Gasteiger partial charge in [-0.25, -0.2) is 0 Å². The number of hydrogen-bond donors (Lipinski definition) is 1. The zero-order valence-electron chi connectivity index (χ0n) is 9.50. The van der Waals surface area contributed by atoms with Crippen LogP contribution in [0.4, 0.5) is 5.69 Å². The maximum atomic E-state index is 5.97. The van der Waals surface area contributed by atoms with Crippen molar-refractivity contribution in [1.82, 2.24) is 0 Å². The number of anilines is 1. The lowest BCUT2D eigenvalue weighted by atomic mass is 10.2. The highest BCUT2D eigenvalue weighted by atomic mass is 35.5. The SMILES string of the molecule is Cc1ccccc1NCc1ccc(Cl)c(Cl)c1. The van der Waals surface area contributed by atoms with Crippen LogP contribution in [0.1, 0.15) is 11.1 Å². The highest BCUT2D eigenvalue weighted by molar-refractivity contribution is 6.42. The van der Waals surface area contributed by atoms with E-state index in [1.807, 2.05) is 30.3 Å². The summed E-state index contributed by atoms with van der Waals surface area (Å²) >= 11 is 11.8. The predicted octanol–water partition coefficient (Wildman–Crippen LogP) is 4.91. The van der Waals surface area contributed by atoms with Gasteiger partial charge in [-0.3, -0.25) is 0 Å². The Morgan fingerprint density at radius 2 is 1.76 bits per heavy atom. The number of rotatable bonds is 3. The number of para-hydroxylation sites is 1. The molecule has 2 aromatic carbocycles. The highest BCUT2D eigenvalue weighted by Gasteiger charge is 2.00. The number of hydrogen-bond acceptors (Lipinski definition) is 1. The molecule has 2 aromatic rings. The van der Waals surface area contributed by atoms with Gasteiger partial charge in [0.2, 0.25) is 0 Å². The second-order valence-electron chi connectivity index (χ2n) is 3.92. The van der Waals surface area contributed by atoms with Crippen LogP contribution in [0.5, 0.6) is 0 Å². The normalized spacial score (nSPS) is 10.3. The first-order valence-corrected chi connectivity index (χ1v) is 6.16. The smallest absolute Gasteiger partial charge is 0.0595 e. The van der Waals surface area contributed by atoms with E-state index in [9.17, 15) is 0 Å². The molecule has 0 fully saturated rings. The third-order valence-corrected chi connectivity index (χ3v) is 3.35. The van der Waals surface area contributed by atoms with Gasteiger partial charge in [-0.2, -0.15) is 0 Å². The molecule has 0 amide bonds. The Balaban J connectivity index is 2.08. The molecule has 3 heteroatoms. The maximum absolute atomic E-state index is 5.97. The van der Waals surface area contributed by atoms with Crippen molar-refractivity contribution in [2.45, 2.75) is 13.5 Å². The molecule has 0 aromatic heterocycles. The summed E-state index contributed by atoms with van der Waals surface area (Å²) in [6, 6.07) is 13.9. The van der Waals surface area contributed by atoms with Crippen molar-refractivity contribution in [3.63, 3.8) is 0 Å². The lowest BCUT2D eigenvalue weighted by Gasteiger charge is -2.09. The van der Waals surface area contributed by atoms with Crippen LogP contribution in [0.25, 0.3) is 0 Å². The van der Waals surface area contributed by atoms with Crippen molar-refractivity contribution in [3.8, 4) is 0 Å². The molecular formula is C14H13Cl2N. The number of nitrogens with one attached hydrogen (secondary N) is 1. The first-order valence-electron chi connectivity index (χ1n) is 5.40. The number of aryl methyl sites for hydroxylation is 1. The molecule has 1 nitrogen and oxygen atoms in total. The summed E-state index contributed by atoms with van der Waals surface area (Å²) < 4.78 is 0. The van der Waals surface area contributed by atoms with Gasteiger partial charge >= 0.3 is 0 Å². The molecule has 17 heavy (non-hydrogen) atoms. The summed E-state index contributed by atoms with van der Waals surface area (Å²) in [5, 5.41) is 4.56. The summed E-state index contributed by atoms with van der Waals surface area (Å²) in [6.07, 6.45) is 0. The average molecular weight is 266 g/mol. The molecule has 0 saturated heterocycles. The van der Waals surface area contributed by atoms with Crippen LogP contribution >= 0.6 is 23.2 Å². The molecule has 0 saturated carbocycles. The predicted molar refractivity (Wildman–Crippen MR) is 75.0 cm³/mol. The van der Waals surface area contributed by atoms with Crippen LogP contribution in [-0.4, -0.2) is 0 Å². The van der Waals surface area contributed by atoms with Crippen LogP contribution in [0, 0.1) is 6.92 Å². The summed E-state index contributed by atoms with van der Waals surface area (Å²) in [5.41, 5.74) is 3.48. The minimum Gasteiger partial charge on any atom is -0.381 e. The summed E-state index contributed by atoms with van der Waals surface area (Å²) in [6.45, 7) is 2.82. The minimum atomic E-state index is 0.589.